The lowest BCUT2D eigenvalue weighted by Crippen LogP contribution is -2.24. The van der Waals surface area contributed by atoms with E-state index in [4.69, 9.17) is 0 Å². The molecule has 2 nitrogen and oxygen atoms in total. The van der Waals surface area contributed by atoms with E-state index in [0.29, 0.717) is 0 Å². The molecule has 1 aromatic carbocycles. The minimum atomic E-state index is -0.509. The molecule has 0 aliphatic rings. The van der Waals surface area contributed by atoms with Crippen LogP contribution in [0, 0.1) is 38.5 Å². The summed E-state index contributed by atoms with van der Waals surface area (Å²) in [4.78, 5) is 0. The van der Waals surface area contributed by atoms with E-state index >= 15 is 0 Å². The number of benzene rings is 1. The predicted octanol–water partition coefficient (Wildman–Crippen LogP) is 5.08. The van der Waals surface area contributed by atoms with Gasteiger partial charge in [0.1, 0.15) is 0 Å². The molecule has 126 valence electrons. The van der Waals surface area contributed by atoms with Crippen LogP contribution in [0.3, 0.4) is 0 Å². The lowest BCUT2D eigenvalue weighted by Gasteiger charge is -2.34. The van der Waals surface area contributed by atoms with Crippen LogP contribution in [0.4, 0.5) is 0 Å². The summed E-state index contributed by atoms with van der Waals surface area (Å²) in [5.41, 5.74) is 6.02. The van der Waals surface area contributed by atoms with Gasteiger partial charge >= 0.3 is 0 Å². The fraction of sp³-hybridized carbons (Fsp3) is 0.700. The van der Waals surface area contributed by atoms with Crippen LogP contribution in [-0.2, 0) is 0 Å². The first kappa shape index (κ1) is 19.2. The summed E-state index contributed by atoms with van der Waals surface area (Å²) >= 11 is 0. The standard InChI is InChI=1S/C20H34O2/c1-11-12(2)16(18(22)20(8,9)10)14(4)13(3)15(11)17(21)19(5,6)7/h17-18,21-22H,1-10H3. The van der Waals surface area contributed by atoms with Crippen molar-refractivity contribution in [2.75, 3.05) is 0 Å². The van der Waals surface area contributed by atoms with Gasteiger partial charge < -0.3 is 10.2 Å². The molecule has 1 rings (SSSR count). The minimum Gasteiger partial charge on any atom is -0.388 e. The summed E-state index contributed by atoms with van der Waals surface area (Å²) in [6.45, 7) is 20.6. The summed E-state index contributed by atoms with van der Waals surface area (Å²) in [6, 6.07) is 0. The van der Waals surface area contributed by atoms with E-state index < -0.39 is 12.2 Å². The number of hydrogen-bond acceptors (Lipinski definition) is 2. The Hall–Kier alpha value is -0.860. The molecule has 0 saturated carbocycles. The maximum absolute atomic E-state index is 10.8. The van der Waals surface area contributed by atoms with E-state index in [-0.39, 0.29) is 10.8 Å². The van der Waals surface area contributed by atoms with Gasteiger partial charge in [-0.1, -0.05) is 41.5 Å². The second kappa shape index (κ2) is 5.98. The third kappa shape index (κ3) is 3.38. The van der Waals surface area contributed by atoms with E-state index in [0.717, 1.165) is 33.4 Å². The van der Waals surface area contributed by atoms with Crippen molar-refractivity contribution < 1.29 is 10.2 Å². The Morgan fingerprint density at radius 1 is 0.545 bits per heavy atom. The highest BCUT2D eigenvalue weighted by atomic mass is 16.3. The highest BCUT2D eigenvalue weighted by molar-refractivity contribution is 5.52. The zero-order valence-electron chi connectivity index (χ0n) is 16.0. The molecule has 2 heteroatoms. The average Bonchev–Trinajstić information content (AvgIpc) is 2.34. The van der Waals surface area contributed by atoms with Gasteiger partial charge in [-0.25, -0.2) is 0 Å². The van der Waals surface area contributed by atoms with Crippen molar-refractivity contribution in [2.24, 2.45) is 10.8 Å². The van der Waals surface area contributed by atoms with Crippen molar-refractivity contribution in [3.05, 3.63) is 33.4 Å². The number of hydrogen-bond donors (Lipinski definition) is 2. The Morgan fingerprint density at radius 3 is 0.864 bits per heavy atom. The molecule has 1 aromatic rings. The van der Waals surface area contributed by atoms with Gasteiger partial charge in [0.2, 0.25) is 0 Å². The first-order chi connectivity index (χ1) is 9.71. The number of rotatable bonds is 2. The van der Waals surface area contributed by atoms with Crippen molar-refractivity contribution in [3.8, 4) is 0 Å². The van der Waals surface area contributed by atoms with E-state index in [1.165, 1.54) is 0 Å². The fourth-order valence-corrected chi connectivity index (χ4v) is 3.06. The molecule has 0 fully saturated rings. The highest BCUT2D eigenvalue weighted by Gasteiger charge is 2.32. The minimum absolute atomic E-state index is 0.210. The summed E-state index contributed by atoms with van der Waals surface area (Å²) in [5, 5.41) is 21.6. The molecule has 0 bridgehead atoms. The molecule has 0 spiro atoms. The molecule has 2 atom stereocenters. The Morgan fingerprint density at radius 2 is 0.727 bits per heavy atom. The molecule has 0 aromatic heterocycles. The quantitative estimate of drug-likeness (QED) is 0.800. The predicted molar refractivity (Wildman–Crippen MR) is 94.2 cm³/mol. The molecule has 0 aliphatic carbocycles. The van der Waals surface area contributed by atoms with Crippen LogP contribution < -0.4 is 0 Å². The first-order valence-corrected chi connectivity index (χ1v) is 8.17. The Balaban J connectivity index is 3.66. The molecule has 0 saturated heterocycles. The lowest BCUT2D eigenvalue weighted by atomic mass is 9.74. The molecular weight excluding hydrogens is 272 g/mol. The van der Waals surface area contributed by atoms with Crippen LogP contribution in [0.2, 0.25) is 0 Å². The summed E-state index contributed by atoms with van der Waals surface area (Å²) in [7, 11) is 0. The monoisotopic (exact) mass is 306 g/mol. The fourth-order valence-electron chi connectivity index (χ4n) is 3.06. The van der Waals surface area contributed by atoms with Gasteiger partial charge in [0.05, 0.1) is 12.2 Å². The van der Waals surface area contributed by atoms with Gasteiger partial charge in [-0.05, 0) is 71.9 Å². The maximum atomic E-state index is 10.8. The molecule has 0 amide bonds. The van der Waals surface area contributed by atoms with Crippen molar-refractivity contribution in [1.82, 2.24) is 0 Å². The summed E-state index contributed by atoms with van der Waals surface area (Å²) in [6.07, 6.45) is -1.02. The van der Waals surface area contributed by atoms with Gasteiger partial charge in [-0.3, -0.25) is 0 Å². The van der Waals surface area contributed by atoms with E-state index in [1.807, 2.05) is 0 Å². The molecule has 2 unspecified atom stereocenters. The van der Waals surface area contributed by atoms with Crippen LogP contribution >= 0.6 is 0 Å². The van der Waals surface area contributed by atoms with Crippen LogP contribution in [0.15, 0.2) is 0 Å². The topological polar surface area (TPSA) is 40.5 Å². The number of aliphatic hydroxyl groups excluding tert-OH is 2. The SMILES string of the molecule is Cc1c(C)c(C(O)C(C)(C)C)c(C)c(C)c1C(O)C(C)(C)C. The Kier molecular flexibility index (Phi) is 5.21. The Labute approximate surface area is 136 Å². The van der Waals surface area contributed by atoms with Crippen LogP contribution in [0.5, 0.6) is 0 Å². The first-order valence-electron chi connectivity index (χ1n) is 8.17. The number of aliphatic hydroxyl groups is 2. The zero-order valence-corrected chi connectivity index (χ0v) is 16.0. The molecular formula is C20H34O2. The van der Waals surface area contributed by atoms with Gasteiger partial charge in [-0.15, -0.1) is 0 Å². The summed E-state index contributed by atoms with van der Waals surface area (Å²) < 4.78 is 0. The zero-order chi connectivity index (χ0) is 17.6. The summed E-state index contributed by atoms with van der Waals surface area (Å²) in [5.74, 6) is 0. The van der Waals surface area contributed by atoms with Gasteiger partial charge in [0, 0.05) is 0 Å². The van der Waals surface area contributed by atoms with Crippen LogP contribution in [0.25, 0.3) is 0 Å². The van der Waals surface area contributed by atoms with Gasteiger partial charge in [0.25, 0.3) is 0 Å². The smallest absolute Gasteiger partial charge is 0.0843 e. The van der Waals surface area contributed by atoms with E-state index in [2.05, 4.69) is 69.2 Å². The normalized spacial score (nSPS) is 15.8. The molecule has 0 radical (unpaired) electrons. The molecule has 0 aliphatic heterocycles. The van der Waals surface area contributed by atoms with Gasteiger partial charge in [0.15, 0.2) is 0 Å². The molecule has 22 heavy (non-hydrogen) atoms. The molecule has 2 N–H and O–H groups in total. The van der Waals surface area contributed by atoms with E-state index in [1.54, 1.807) is 0 Å². The second-order valence-corrected chi connectivity index (χ2v) is 8.86. The van der Waals surface area contributed by atoms with Crippen molar-refractivity contribution in [2.45, 2.75) is 81.4 Å². The van der Waals surface area contributed by atoms with E-state index in [9.17, 15) is 10.2 Å². The molecule has 0 heterocycles. The van der Waals surface area contributed by atoms with Crippen LogP contribution in [-0.4, -0.2) is 10.2 Å². The van der Waals surface area contributed by atoms with Crippen molar-refractivity contribution in [1.29, 1.82) is 0 Å². The highest BCUT2D eigenvalue weighted by Crippen LogP contribution is 2.43. The van der Waals surface area contributed by atoms with Crippen molar-refractivity contribution >= 4 is 0 Å². The maximum Gasteiger partial charge on any atom is 0.0843 e. The second-order valence-electron chi connectivity index (χ2n) is 8.86. The van der Waals surface area contributed by atoms with Gasteiger partial charge in [-0.2, -0.15) is 0 Å². The largest absolute Gasteiger partial charge is 0.388 e. The third-order valence-electron chi connectivity index (χ3n) is 4.93. The Bertz CT molecular complexity index is 477. The van der Waals surface area contributed by atoms with Crippen LogP contribution in [0.1, 0.15) is 87.1 Å². The van der Waals surface area contributed by atoms with Crippen molar-refractivity contribution in [3.63, 3.8) is 0 Å². The average molecular weight is 306 g/mol. The lowest BCUT2D eigenvalue weighted by molar-refractivity contribution is 0.0578. The third-order valence-corrected chi connectivity index (χ3v) is 4.93.